The Labute approximate surface area is 120 Å². The minimum Gasteiger partial charge on any atom is -0.397 e. The summed E-state index contributed by atoms with van der Waals surface area (Å²) in [6.45, 7) is 2.02. The lowest BCUT2D eigenvalue weighted by Crippen LogP contribution is -1.95. The van der Waals surface area contributed by atoms with E-state index in [1.807, 2.05) is 30.5 Å². The van der Waals surface area contributed by atoms with Crippen molar-refractivity contribution in [1.82, 2.24) is 15.0 Å². The van der Waals surface area contributed by atoms with Crippen molar-refractivity contribution in [3.8, 4) is 11.4 Å². The molecule has 0 atom stereocenters. The summed E-state index contributed by atoms with van der Waals surface area (Å²) in [7, 11) is 0. The monoisotopic (exact) mass is 283 g/mol. The number of nitrogens with one attached hydrogen (secondary N) is 1. The van der Waals surface area contributed by atoms with Crippen molar-refractivity contribution in [2.24, 2.45) is 0 Å². The van der Waals surface area contributed by atoms with Crippen LogP contribution in [0.4, 0.5) is 16.6 Å². The standard InChI is InChI=1S/C14H13N5S/c1-9-4-6-16-12(7-9)19-14-18-11(8-20-14)13-10(15)3-2-5-17-13/h2-8H,15H2,1H3,(H,16,18,19). The number of nitrogen functional groups attached to an aromatic ring is 1. The lowest BCUT2D eigenvalue weighted by Gasteiger charge is -2.02. The van der Waals surface area contributed by atoms with E-state index in [0.29, 0.717) is 11.4 Å². The molecule has 0 spiro atoms. The Morgan fingerprint density at radius 2 is 2.10 bits per heavy atom. The third kappa shape index (κ3) is 2.60. The minimum absolute atomic E-state index is 0.623. The van der Waals surface area contributed by atoms with Crippen LogP contribution in [0.25, 0.3) is 11.4 Å². The van der Waals surface area contributed by atoms with Gasteiger partial charge in [-0.15, -0.1) is 11.3 Å². The van der Waals surface area contributed by atoms with Crippen molar-refractivity contribution < 1.29 is 0 Å². The van der Waals surface area contributed by atoms with Crippen LogP contribution < -0.4 is 11.1 Å². The number of aromatic nitrogens is 3. The predicted octanol–water partition coefficient (Wildman–Crippen LogP) is 3.23. The highest BCUT2D eigenvalue weighted by Crippen LogP contribution is 2.28. The van der Waals surface area contributed by atoms with Gasteiger partial charge in [0.15, 0.2) is 5.13 Å². The molecule has 0 unspecified atom stereocenters. The molecule has 0 saturated carbocycles. The molecule has 5 nitrogen and oxygen atoms in total. The molecule has 0 aromatic carbocycles. The van der Waals surface area contributed by atoms with E-state index in [1.165, 1.54) is 11.3 Å². The van der Waals surface area contributed by atoms with Gasteiger partial charge in [-0.1, -0.05) is 0 Å². The van der Waals surface area contributed by atoms with Crippen molar-refractivity contribution in [2.75, 3.05) is 11.1 Å². The van der Waals surface area contributed by atoms with E-state index in [2.05, 4.69) is 20.3 Å². The van der Waals surface area contributed by atoms with Crippen LogP contribution in [-0.2, 0) is 0 Å². The fourth-order valence-electron chi connectivity index (χ4n) is 1.79. The molecule has 3 heterocycles. The Bertz CT molecular complexity index is 738. The lowest BCUT2D eigenvalue weighted by molar-refractivity contribution is 1.25. The van der Waals surface area contributed by atoms with E-state index in [4.69, 9.17) is 5.73 Å². The Hall–Kier alpha value is -2.47. The Morgan fingerprint density at radius 3 is 2.90 bits per heavy atom. The van der Waals surface area contributed by atoms with E-state index in [0.717, 1.165) is 22.2 Å². The Kier molecular flexibility index (Phi) is 3.30. The van der Waals surface area contributed by atoms with Crippen molar-refractivity contribution >= 4 is 28.0 Å². The highest BCUT2D eigenvalue weighted by molar-refractivity contribution is 7.14. The first-order valence-corrected chi connectivity index (χ1v) is 6.96. The first kappa shape index (κ1) is 12.6. The summed E-state index contributed by atoms with van der Waals surface area (Å²) in [5, 5.41) is 5.88. The van der Waals surface area contributed by atoms with E-state index >= 15 is 0 Å². The largest absolute Gasteiger partial charge is 0.397 e. The molecule has 100 valence electrons. The minimum atomic E-state index is 0.623. The molecule has 0 bridgehead atoms. The quantitative estimate of drug-likeness (QED) is 0.771. The average Bonchev–Trinajstić information content (AvgIpc) is 2.87. The Balaban J connectivity index is 1.86. The van der Waals surface area contributed by atoms with Gasteiger partial charge in [-0.05, 0) is 36.8 Å². The number of thiazole rings is 1. The molecule has 0 aliphatic rings. The zero-order valence-corrected chi connectivity index (χ0v) is 11.7. The first-order valence-electron chi connectivity index (χ1n) is 6.08. The van der Waals surface area contributed by atoms with Gasteiger partial charge in [0, 0.05) is 17.8 Å². The maximum Gasteiger partial charge on any atom is 0.188 e. The van der Waals surface area contributed by atoms with Crippen LogP contribution in [0.3, 0.4) is 0 Å². The summed E-state index contributed by atoms with van der Waals surface area (Å²) in [6, 6.07) is 7.54. The van der Waals surface area contributed by atoms with Crippen LogP contribution in [0, 0.1) is 6.92 Å². The molecule has 3 N–H and O–H groups in total. The molecule has 0 radical (unpaired) electrons. The van der Waals surface area contributed by atoms with E-state index < -0.39 is 0 Å². The molecule has 0 aliphatic carbocycles. The van der Waals surface area contributed by atoms with Gasteiger partial charge in [0.25, 0.3) is 0 Å². The van der Waals surface area contributed by atoms with Gasteiger partial charge in [-0.25, -0.2) is 9.97 Å². The highest BCUT2D eigenvalue weighted by atomic mass is 32.1. The van der Waals surface area contributed by atoms with Crippen molar-refractivity contribution in [2.45, 2.75) is 6.92 Å². The molecule has 0 saturated heterocycles. The summed E-state index contributed by atoms with van der Waals surface area (Å²) in [5.41, 5.74) is 9.14. The van der Waals surface area contributed by atoms with Crippen LogP contribution in [0.2, 0.25) is 0 Å². The molecular weight excluding hydrogens is 270 g/mol. The molecule has 20 heavy (non-hydrogen) atoms. The highest BCUT2D eigenvalue weighted by Gasteiger charge is 2.09. The van der Waals surface area contributed by atoms with Gasteiger partial charge in [-0.2, -0.15) is 0 Å². The number of hydrogen-bond acceptors (Lipinski definition) is 6. The van der Waals surface area contributed by atoms with Crippen LogP contribution in [0.15, 0.2) is 42.0 Å². The SMILES string of the molecule is Cc1ccnc(Nc2nc(-c3ncccc3N)cs2)c1. The lowest BCUT2D eigenvalue weighted by atomic mass is 10.2. The number of nitrogens with two attached hydrogens (primary N) is 1. The zero-order chi connectivity index (χ0) is 13.9. The fourth-order valence-corrected chi connectivity index (χ4v) is 2.49. The molecular formula is C14H13N5S. The van der Waals surface area contributed by atoms with E-state index in [9.17, 15) is 0 Å². The predicted molar refractivity (Wildman–Crippen MR) is 82.0 cm³/mol. The maximum atomic E-state index is 5.90. The second kappa shape index (κ2) is 5.26. The van der Waals surface area contributed by atoms with Gasteiger partial charge in [0.1, 0.15) is 17.2 Å². The summed E-state index contributed by atoms with van der Waals surface area (Å²) >= 11 is 1.50. The first-order chi connectivity index (χ1) is 9.72. The summed E-state index contributed by atoms with van der Waals surface area (Å²) in [4.78, 5) is 13.0. The molecule has 3 aromatic rings. The third-order valence-corrected chi connectivity index (χ3v) is 3.49. The molecule has 6 heteroatoms. The number of nitrogens with zero attached hydrogens (tertiary/aromatic N) is 3. The molecule has 3 aromatic heterocycles. The van der Waals surface area contributed by atoms with Gasteiger partial charge in [0.2, 0.25) is 0 Å². The van der Waals surface area contributed by atoms with Gasteiger partial charge in [0.05, 0.1) is 5.69 Å². The summed E-state index contributed by atoms with van der Waals surface area (Å²) < 4.78 is 0. The molecule has 3 rings (SSSR count). The van der Waals surface area contributed by atoms with Gasteiger partial charge >= 0.3 is 0 Å². The Morgan fingerprint density at radius 1 is 1.20 bits per heavy atom. The summed E-state index contributed by atoms with van der Waals surface area (Å²) in [5.74, 6) is 0.778. The van der Waals surface area contributed by atoms with Crippen LogP contribution in [-0.4, -0.2) is 15.0 Å². The average molecular weight is 283 g/mol. The van der Waals surface area contributed by atoms with Crippen LogP contribution >= 0.6 is 11.3 Å². The van der Waals surface area contributed by atoms with Crippen molar-refractivity contribution in [3.63, 3.8) is 0 Å². The van der Waals surface area contributed by atoms with E-state index in [1.54, 1.807) is 18.5 Å². The smallest absolute Gasteiger partial charge is 0.188 e. The second-order valence-corrected chi connectivity index (χ2v) is 5.18. The summed E-state index contributed by atoms with van der Waals surface area (Å²) in [6.07, 6.45) is 3.48. The van der Waals surface area contributed by atoms with Gasteiger partial charge < -0.3 is 11.1 Å². The molecule has 0 aliphatic heterocycles. The second-order valence-electron chi connectivity index (χ2n) is 4.32. The third-order valence-electron chi connectivity index (χ3n) is 2.74. The topological polar surface area (TPSA) is 76.7 Å². The normalized spacial score (nSPS) is 10.4. The maximum absolute atomic E-state index is 5.90. The molecule has 0 fully saturated rings. The number of pyridine rings is 2. The van der Waals surface area contributed by atoms with Gasteiger partial charge in [-0.3, -0.25) is 4.98 Å². The molecule has 0 amide bonds. The van der Waals surface area contributed by atoms with Crippen molar-refractivity contribution in [3.05, 3.63) is 47.6 Å². The fraction of sp³-hybridized carbons (Fsp3) is 0.0714. The van der Waals surface area contributed by atoms with Crippen molar-refractivity contribution in [1.29, 1.82) is 0 Å². The van der Waals surface area contributed by atoms with Crippen LogP contribution in [0.1, 0.15) is 5.56 Å². The van der Waals surface area contributed by atoms with Crippen LogP contribution in [0.5, 0.6) is 0 Å². The zero-order valence-electron chi connectivity index (χ0n) is 10.9. The van der Waals surface area contributed by atoms with E-state index in [-0.39, 0.29) is 0 Å². The number of aryl methyl sites for hydroxylation is 1. The number of rotatable bonds is 3. The number of anilines is 3. The number of hydrogen-bond donors (Lipinski definition) is 2.